The zero-order chi connectivity index (χ0) is 19.4. The molecule has 2 aromatic carbocycles. The monoisotopic (exact) mass is 373 g/mol. The third-order valence-electron chi connectivity index (χ3n) is 6.12. The minimum Gasteiger partial charge on any atom is -0.356 e. The highest BCUT2D eigenvalue weighted by molar-refractivity contribution is 5.97. The Balaban J connectivity index is 1.49. The number of aromatic nitrogens is 1. The molecule has 0 radical (unpaired) electrons. The van der Waals surface area contributed by atoms with Crippen molar-refractivity contribution in [1.29, 1.82) is 0 Å². The number of para-hydroxylation sites is 1. The first kappa shape index (κ1) is 17.0. The second kappa shape index (κ2) is 6.23. The lowest BCUT2D eigenvalue weighted by molar-refractivity contribution is -0.159. The first-order valence-corrected chi connectivity index (χ1v) is 9.78. The van der Waals surface area contributed by atoms with Gasteiger partial charge in [-0.1, -0.05) is 48.0 Å². The van der Waals surface area contributed by atoms with Gasteiger partial charge < -0.3 is 14.8 Å². The highest BCUT2D eigenvalue weighted by Gasteiger charge is 2.46. The first-order valence-electron chi connectivity index (χ1n) is 9.78. The Labute approximate surface area is 163 Å². The zero-order valence-electron chi connectivity index (χ0n) is 16.1. The molecule has 2 aliphatic rings. The molecule has 142 valence electrons. The molecule has 3 aromatic rings. The van der Waals surface area contributed by atoms with Crippen molar-refractivity contribution >= 4 is 22.7 Å². The van der Waals surface area contributed by atoms with Gasteiger partial charge in [-0.15, -0.1) is 0 Å². The van der Waals surface area contributed by atoms with Crippen molar-refractivity contribution in [2.45, 2.75) is 38.9 Å². The van der Waals surface area contributed by atoms with E-state index in [1.54, 1.807) is 9.80 Å². The molecule has 1 aromatic heterocycles. The summed E-state index contributed by atoms with van der Waals surface area (Å²) in [5, 5.41) is 1.15. The third kappa shape index (κ3) is 2.53. The summed E-state index contributed by atoms with van der Waals surface area (Å²) in [7, 11) is 0. The van der Waals surface area contributed by atoms with Gasteiger partial charge >= 0.3 is 0 Å². The molecule has 3 heterocycles. The molecule has 1 N–H and O–H groups in total. The van der Waals surface area contributed by atoms with Gasteiger partial charge in [-0.25, -0.2) is 0 Å². The van der Waals surface area contributed by atoms with Crippen molar-refractivity contribution in [2.24, 2.45) is 0 Å². The lowest BCUT2D eigenvalue weighted by atomic mass is 9.90. The molecule has 0 unspecified atom stereocenters. The SMILES string of the molecule is Cc1ccc(CN2CC(=O)N3[C@H](C)c4[nH]c5ccccc5c4C[C@H]3C2=O)cc1. The third-order valence-corrected chi connectivity index (χ3v) is 6.12. The standard InChI is InChI=1S/C23H23N3O2/c1-14-7-9-16(10-8-14)12-25-13-21(27)26-15(2)22-18(11-20(26)23(25)28)17-5-3-4-6-19(17)24-22/h3-10,15,20,24H,11-13H2,1-2H3/t15-,20+/m1/s1. The Bertz CT molecular complexity index is 1080. The minimum absolute atomic E-state index is 0.0218. The van der Waals surface area contributed by atoms with Crippen LogP contribution in [0.1, 0.15) is 35.3 Å². The number of amides is 2. The maximum Gasteiger partial charge on any atom is 0.246 e. The number of nitrogens with zero attached hydrogens (tertiary/aromatic N) is 2. The van der Waals surface area contributed by atoms with Gasteiger partial charge in [0.1, 0.15) is 12.6 Å². The van der Waals surface area contributed by atoms with Gasteiger partial charge in [-0.3, -0.25) is 9.59 Å². The van der Waals surface area contributed by atoms with Crippen LogP contribution < -0.4 is 0 Å². The molecule has 0 spiro atoms. The Kier molecular flexibility index (Phi) is 3.79. The second-order valence-corrected chi connectivity index (χ2v) is 7.94. The van der Waals surface area contributed by atoms with Gasteiger partial charge in [0.05, 0.1) is 6.04 Å². The molecule has 1 fully saturated rings. The van der Waals surface area contributed by atoms with Crippen molar-refractivity contribution < 1.29 is 9.59 Å². The van der Waals surface area contributed by atoms with E-state index < -0.39 is 6.04 Å². The molecule has 1 saturated heterocycles. The fourth-order valence-electron chi connectivity index (χ4n) is 4.68. The largest absolute Gasteiger partial charge is 0.356 e. The molecule has 5 heteroatoms. The molecule has 5 nitrogen and oxygen atoms in total. The van der Waals surface area contributed by atoms with E-state index >= 15 is 0 Å². The van der Waals surface area contributed by atoms with Gasteiger partial charge in [0.2, 0.25) is 11.8 Å². The normalized spacial score (nSPS) is 21.8. The fraction of sp³-hybridized carbons (Fsp3) is 0.304. The lowest BCUT2D eigenvalue weighted by Crippen LogP contribution is -2.62. The molecule has 28 heavy (non-hydrogen) atoms. The highest BCUT2D eigenvalue weighted by atomic mass is 16.2. The van der Waals surface area contributed by atoms with E-state index in [0.29, 0.717) is 13.0 Å². The maximum atomic E-state index is 13.3. The fourth-order valence-corrected chi connectivity index (χ4v) is 4.68. The molecule has 0 aliphatic carbocycles. The summed E-state index contributed by atoms with van der Waals surface area (Å²) >= 11 is 0. The predicted molar refractivity (Wildman–Crippen MR) is 108 cm³/mol. The number of nitrogens with one attached hydrogen (secondary N) is 1. The van der Waals surface area contributed by atoms with Gasteiger partial charge in [-0.05, 0) is 31.0 Å². The van der Waals surface area contributed by atoms with E-state index in [0.717, 1.165) is 22.2 Å². The number of hydrogen-bond acceptors (Lipinski definition) is 2. The molecule has 2 atom stereocenters. The van der Waals surface area contributed by atoms with Crippen molar-refractivity contribution in [3.8, 4) is 0 Å². The van der Waals surface area contributed by atoms with E-state index in [9.17, 15) is 9.59 Å². The predicted octanol–water partition coefficient (Wildman–Crippen LogP) is 3.33. The lowest BCUT2D eigenvalue weighted by Gasteiger charge is -2.46. The van der Waals surface area contributed by atoms with Crippen LogP contribution in [0, 0.1) is 6.92 Å². The molecule has 2 aliphatic heterocycles. The van der Waals surface area contributed by atoms with Crippen LogP contribution in [0.5, 0.6) is 0 Å². The summed E-state index contributed by atoms with van der Waals surface area (Å²) in [5.74, 6) is 0.0662. The van der Waals surface area contributed by atoms with Crippen LogP contribution in [-0.2, 0) is 22.6 Å². The Hall–Kier alpha value is -3.08. The number of H-pyrrole nitrogens is 1. The van der Waals surface area contributed by atoms with Crippen molar-refractivity contribution in [3.05, 3.63) is 70.9 Å². The van der Waals surface area contributed by atoms with Crippen LogP contribution in [0.3, 0.4) is 0 Å². The number of piperazine rings is 1. The van der Waals surface area contributed by atoms with Gasteiger partial charge in [0.25, 0.3) is 0 Å². The number of benzene rings is 2. The number of aryl methyl sites for hydroxylation is 1. The molecule has 0 saturated carbocycles. The quantitative estimate of drug-likeness (QED) is 0.749. The van der Waals surface area contributed by atoms with Crippen LogP contribution in [0.2, 0.25) is 0 Å². The highest BCUT2D eigenvalue weighted by Crippen LogP contribution is 2.39. The molecular weight excluding hydrogens is 350 g/mol. The number of carbonyl (C=O) groups excluding carboxylic acids is 2. The van der Waals surface area contributed by atoms with E-state index in [4.69, 9.17) is 0 Å². The van der Waals surface area contributed by atoms with Crippen LogP contribution in [-0.4, -0.2) is 39.2 Å². The Morgan fingerprint density at radius 2 is 1.82 bits per heavy atom. The molecule has 5 rings (SSSR count). The van der Waals surface area contributed by atoms with E-state index in [2.05, 4.69) is 11.1 Å². The van der Waals surface area contributed by atoms with Gasteiger partial charge in [-0.2, -0.15) is 0 Å². The topological polar surface area (TPSA) is 56.4 Å². The Morgan fingerprint density at radius 1 is 1.07 bits per heavy atom. The van der Waals surface area contributed by atoms with Gasteiger partial charge in [0, 0.05) is 29.6 Å². The van der Waals surface area contributed by atoms with Crippen LogP contribution in [0.15, 0.2) is 48.5 Å². The van der Waals surface area contributed by atoms with Crippen LogP contribution in [0.25, 0.3) is 10.9 Å². The van der Waals surface area contributed by atoms with Crippen LogP contribution >= 0.6 is 0 Å². The molecule has 0 bridgehead atoms. The molecular formula is C23H23N3O2. The average molecular weight is 373 g/mol. The van der Waals surface area contributed by atoms with E-state index in [1.807, 2.05) is 56.3 Å². The number of fused-ring (bicyclic) bond motifs is 4. The summed E-state index contributed by atoms with van der Waals surface area (Å²) in [6, 6.07) is 15.7. The number of hydrogen-bond donors (Lipinski definition) is 1. The van der Waals surface area contributed by atoms with Crippen LogP contribution in [0.4, 0.5) is 0 Å². The number of carbonyl (C=O) groups is 2. The minimum atomic E-state index is -0.423. The summed E-state index contributed by atoms with van der Waals surface area (Å²) in [6.45, 7) is 4.67. The summed E-state index contributed by atoms with van der Waals surface area (Å²) in [4.78, 5) is 33.3. The van der Waals surface area contributed by atoms with Crippen molar-refractivity contribution in [1.82, 2.24) is 14.8 Å². The maximum absolute atomic E-state index is 13.3. The van der Waals surface area contributed by atoms with Crippen molar-refractivity contribution in [2.75, 3.05) is 6.54 Å². The summed E-state index contributed by atoms with van der Waals surface area (Å²) in [5.41, 5.74) is 5.53. The summed E-state index contributed by atoms with van der Waals surface area (Å²) < 4.78 is 0. The van der Waals surface area contributed by atoms with E-state index in [1.165, 1.54) is 11.1 Å². The smallest absolute Gasteiger partial charge is 0.246 e. The van der Waals surface area contributed by atoms with E-state index in [-0.39, 0.29) is 24.4 Å². The van der Waals surface area contributed by atoms with Crippen molar-refractivity contribution in [3.63, 3.8) is 0 Å². The van der Waals surface area contributed by atoms with Gasteiger partial charge in [0.15, 0.2) is 0 Å². The second-order valence-electron chi connectivity index (χ2n) is 7.94. The Morgan fingerprint density at radius 3 is 2.61 bits per heavy atom. The first-order chi connectivity index (χ1) is 13.5. The number of aromatic amines is 1. The zero-order valence-corrected chi connectivity index (χ0v) is 16.1. The number of rotatable bonds is 2. The summed E-state index contributed by atoms with van der Waals surface area (Å²) in [6.07, 6.45) is 0.568. The molecule has 2 amide bonds. The average Bonchev–Trinajstić information content (AvgIpc) is 3.07.